The van der Waals surface area contributed by atoms with Crippen LogP contribution in [0, 0.1) is 17.0 Å². The number of halogens is 2. The molecule has 0 saturated heterocycles. The standard InChI is InChI=1S/C20H25F2N3O3/c1-20(2,3)16(11-26)23-19(27)17-15-6-8-28-9-7-25(15)18(24-17)12-4-5-13(21)14(22)10-12/h4-5,10,16,26H,6-9,11H2,1-3H3,(H,23,27)/t16-/m1/s1. The molecule has 2 aromatic rings. The zero-order chi connectivity index (χ0) is 20.5. The van der Waals surface area contributed by atoms with Gasteiger partial charge in [-0.3, -0.25) is 4.79 Å². The highest BCUT2D eigenvalue weighted by atomic mass is 19.2. The third-order valence-corrected chi connectivity index (χ3v) is 4.94. The minimum atomic E-state index is -0.973. The smallest absolute Gasteiger partial charge is 0.272 e. The minimum absolute atomic E-state index is 0.204. The number of benzene rings is 1. The van der Waals surface area contributed by atoms with E-state index in [4.69, 9.17) is 4.74 Å². The van der Waals surface area contributed by atoms with Gasteiger partial charge in [0.15, 0.2) is 11.6 Å². The number of hydrogen-bond acceptors (Lipinski definition) is 4. The fourth-order valence-electron chi connectivity index (χ4n) is 3.21. The van der Waals surface area contributed by atoms with E-state index >= 15 is 0 Å². The Kier molecular flexibility index (Phi) is 5.81. The second kappa shape index (κ2) is 7.97. The van der Waals surface area contributed by atoms with Crippen molar-refractivity contribution in [3.05, 3.63) is 41.2 Å². The number of rotatable bonds is 4. The Labute approximate surface area is 162 Å². The molecule has 1 amide bonds. The molecule has 1 aromatic carbocycles. The Hall–Kier alpha value is -2.32. The summed E-state index contributed by atoms with van der Waals surface area (Å²) in [5.41, 5.74) is 0.941. The van der Waals surface area contributed by atoms with Gasteiger partial charge in [-0.25, -0.2) is 13.8 Å². The molecule has 0 bridgehead atoms. The molecule has 1 aliphatic rings. The molecule has 28 heavy (non-hydrogen) atoms. The topological polar surface area (TPSA) is 76.4 Å². The van der Waals surface area contributed by atoms with Crippen LogP contribution in [0.15, 0.2) is 18.2 Å². The maximum atomic E-state index is 13.7. The van der Waals surface area contributed by atoms with Gasteiger partial charge in [-0.1, -0.05) is 20.8 Å². The highest BCUT2D eigenvalue weighted by molar-refractivity contribution is 5.94. The number of amides is 1. The van der Waals surface area contributed by atoms with Crippen molar-refractivity contribution in [1.82, 2.24) is 14.9 Å². The van der Waals surface area contributed by atoms with E-state index in [0.717, 1.165) is 12.1 Å². The summed E-state index contributed by atoms with van der Waals surface area (Å²) in [5, 5.41) is 12.5. The number of carbonyl (C=O) groups is 1. The molecule has 1 aliphatic heterocycles. The predicted molar refractivity (Wildman–Crippen MR) is 99.9 cm³/mol. The van der Waals surface area contributed by atoms with Crippen LogP contribution in [0.25, 0.3) is 11.4 Å². The maximum absolute atomic E-state index is 13.7. The van der Waals surface area contributed by atoms with Crippen LogP contribution in [0.2, 0.25) is 0 Å². The molecule has 0 fully saturated rings. The molecule has 152 valence electrons. The summed E-state index contributed by atoms with van der Waals surface area (Å²) >= 11 is 0. The van der Waals surface area contributed by atoms with Gasteiger partial charge in [-0.15, -0.1) is 0 Å². The van der Waals surface area contributed by atoms with Gasteiger partial charge in [-0.2, -0.15) is 0 Å². The van der Waals surface area contributed by atoms with Crippen LogP contribution < -0.4 is 5.32 Å². The summed E-state index contributed by atoms with van der Waals surface area (Å²) in [6.45, 7) is 6.87. The number of hydrogen-bond donors (Lipinski definition) is 2. The predicted octanol–water partition coefficient (Wildman–Crippen LogP) is 2.54. The van der Waals surface area contributed by atoms with Crippen LogP contribution in [0.5, 0.6) is 0 Å². The lowest BCUT2D eigenvalue weighted by atomic mass is 9.87. The zero-order valence-electron chi connectivity index (χ0n) is 16.3. The van der Waals surface area contributed by atoms with Crippen molar-refractivity contribution in [3.63, 3.8) is 0 Å². The Morgan fingerprint density at radius 3 is 2.71 bits per heavy atom. The fourth-order valence-corrected chi connectivity index (χ4v) is 3.21. The van der Waals surface area contributed by atoms with Gasteiger partial charge >= 0.3 is 0 Å². The van der Waals surface area contributed by atoms with E-state index in [-0.39, 0.29) is 17.7 Å². The van der Waals surface area contributed by atoms with Crippen molar-refractivity contribution in [2.75, 3.05) is 19.8 Å². The number of carbonyl (C=O) groups excluding carboxylic acids is 1. The minimum Gasteiger partial charge on any atom is -0.394 e. The lowest BCUT2D eigenvalue weighted by Crippen LogP contribution is -2.46. The first-order chi connectivity index (χ1) is 13.2. The van der Waals surface area contributed by atoms with Gasteiger partial charge in [-0.05, 0) is 23.6 Å². The van der Waals surface area contributed by atoms with Gasteiger partial charge in [0.25, 0.3) is 5.91 Å². The Balaban J connectivity index is 2.03. The average Bonchev–Trinajstić information content (AvgIpc) is 2.82. The van der Waals surface area contributed by atoms with E-state index < -0.39 is 23.6 Å². The van der Waals surface area contributed by atoms with Crippen molar-refractivity contribution < 1.29 is 23.4 Å². The van der Waals surface area contributed by atoms with Gasteiger partial charge in [0.05, 0.1) is 31.6 Å². The first-order valence-electron chi connectivity index (χ1n) is 9.26. The first-order valence-corrected chi connectivity index (χ1v) is 9.26. The lowest BCUT2D eigenvalue weighted by molar-refractivity contribution is 0.0842. The number of imidazole rings is 1. The van der Waals surface area contributed by atoms with Gasteiger partial charge in [0.2, 0.25) is 0 Å². The maximum Gasteiger partial charge on any atom is 0.272 e. The molecule has 0 radical (unpaired) electrons. The third-order valence-electron chi connectivity index (χ3n) is 4.94. The van der Waals surface area contributed by atoms with Crippen LogP contribution in [0.1, 0.15) is 37.0 Å². The number of aliphatic hydroxyl groups excluding tert-OH is 1. The van der Waals surface area contributed by atoms with Crippen LogP contribution in [-0.2, 0) is 17.7 Å². The molecule has 1 atom stereocenters. The van der Waals surface area contributed by atoms with Crippen LogP contribution in [-0.4, -0.2) is 46.4 Å². The van der Waals surface area contributed by atoms with E-state index in [1.807, 2.05) is 25.3 Å². The molecule has 0 spiro atoms. The number of aliphatic hydroxyl groups is 1. The molecule has 2 N–H and O–H groups in total. The molecule has 2 heterocycles. The lowest BCUT2D eigenvalue weighted by Gasteiger charge is -2.29. The molecule has 8 heteroatoms. The summed E-state index contributed by atoms with van der Waals surface area (Å²) in [6, 6.07) is 3.10. The number of aromatic nitrogens is 2. The quantitative estimate of drug-likeness (QED) is 0.837. The fraction of sp³-hybridized carbons (Fsp3) is 0.500. The van der Waals surface area contributed by atoms with E-state index in [9.17, 15) is 18.7 Å². The van der Waals surface area contributed by atoms with E-state index in [1.165, 1.54) is 6.07 Å². The summed E-state index contributed by atoms with van der Waals surface area (Å²) in [6.07, 6.45) is 0.471. The van der Waals surface area contributed by atoms with Gasteiger partial charge in [0.1, 0.15) is 11.5 Å². The number of fused-ring (bicyclic) bond motifs is 1. The number of ether oxygens (including phenoxy) is 1. The summed E-state index contributed by atoms with van der Waals surface area (Å²) in [4.78, 5) is 17.4. The van der Waals surface area contributed by atoms with Crippen molar-refractivity contribution in [3.8, 4) is 11.4 Å². The molecule has 6 nitrogen and oxygen atoms in total. The highest BCUT2D eigenvalue weighted by Gasteiger charge is 2.30. The van der Waals surface area contributed by atoms with Crippen LogP contribution in [0.3, 0.4) is 0 Å². The average molecular weight is 393 g/mol. The normalized spacial score (nSPS) is 15.6. The summed E-state index contributed by atoms with van der Waals surface area (Å²) in [5.74, 6) is -1.93. The third kappa shape index (κ3) is 4.07. The van der Waals surface area contributed by atoms with Crippen molar-refractivity contribution in [2.24, 2.45) is 5.41 Å². The van der Waals surface area contributed by atoms with Crippen molar-refractivity contribution in [2.45, 2.75) is 39.8 Å². The zero-order valence-corrected chi connectivity index (χ0v) is 16.3. The second-order valence-electron chi connectivity index (χ2n) is 7.95. The van der Waals surface area contributed by atoms with Crippen molar-refractivity contribution in [1.29, 1.82) is 0 Å². The monoisotopic (exact) mass is 393 g/mol. The molecule has 1 aromatic heterocycles. The van der Waals surface area contributed by atoms with E-state index in [2.05, 4.69) is 10.3 Å². The highest BCUT2D eigenvalue weighted by Crippen LogP contribution is 2.27. The van der Waals surface area contributed by atoms with Crippen LogP contribution in [0.4, 0.5) is 8.78 Å². The number of nitrogens with zero attached hydrogens (tertiary/aromatic N) is 2. The Morgan fingerprint density at radius 1 is 1.32 bits per heavy atom. The SMILES string of the molecule is CC(C)(C)[C@@H](CO)NC(=O)c1nc(-c2ccc(F)c(F)c2)n2c1CCOCC2. The Bertz CT molecular complexity index is 874. The Morgan fingerprint density at radius 2 is 2.07 bits per heavy atom. The first kappa shape index (κ1) is 20.4. The molecule has 0 unspecified atom stereocenters. The largest absolute Gasteiger partial charge is 0.394 e. The second-order valence-corrected chi connectivity index (χ2v) is 7.95. The summed E-state index contributed by atoms with van der Waals surface area (Å²) in [7, 11) is 0. The van der Waals surface area contributed by atoms with Crippen LogP contribution >= 0.6 is 0 Å². The summed E-state index contributed by atoms with van der Waals surface area (Å²) < 4.78 is 34.4. The van der Waals surface area contributed by atoms with Crippen molar-refractivity contribution >= 4 is 5.91 Å². The number of nitrogens with one attached hydrogen (secondary N) is 1. The molecule has 3 rings (SSSR count). The molecular formula is C20H25F2N3O3. The van der Waals surface area contributed by atoms with Gasteiger partial charge in [0, 0.05) is 18.5 Å². The van der Waals surface area contributed by atoms with Gasteiger partial charge < -0.3 is 19.7 Å². The molecule has 0 saturated carbocycles. The molecular weight excluding hydrogens is 368 g/mol. The van der Waals surface area contributed by atoms with E-state index in [0.29, 0.717) is 43.3 Å². The van der Waals surface area contributed by atoms with E-state index in [1.54, 1.807) is 0 Å². The molecule has 0 aliphatic carbocycles.